The molecule has 0 saturated carbocycles. The van der Waals surface area contributed by atoms with E-state index in [1.54, 1.807) is 0 Å². The van der Waals surface area contributed by atoms with Crippen LogP contribution in [0.3, 0.4) is 0 Å². The maximum atomic E-state index is 9.75. The van der Waals surface area contributed by atoms with Gasteiger partial charge in [0.15, 0.2) is 0 Å². The molecule has 1 aromatic heterocycles. The highest BCUT2D eigenvalue weighted by Gasteiger charge is 2.26. The second kappa shape index (κ2) is 7.94. The maximum Gasteiger partial charge on any atom is 0.673 e. The van der Waals surface area contributed by atoms with Crippen molar-refractivity contribution in [2.75, 3.05) is 0 Å². The van der Waals surface area contributed by atoms with Gasteiger partial charge in [-0.25, -0.2) is 4.42 Å². The van der Waals surface area contributed by atoms with Crippen LogP contribution in [0.15, 0.2) is 46.9 Å². The van der Waals surface area contributed by atoms with E-state index >= 15 is 0 Å². The average Bonchev–Trinajstić information content (AvgIpc) is 2.78. The van der Waals surface area contributed by atoms with Crippen LogP contribution in [0.2, 0.25) is 0 Å². The molecular weight excluding hydrogens is 367 g/mol. The molecule has 1 aromatic rings. The van der Waals surface area contributed by atoms with E-state index in [1.807, 2.05) is 13.8 Å². The minimum absolute atomic E-state index is 0.0940. The fourth-order valence-corrected chi connectivity index (χ4v) is 3.24. The van der Waals surface area contributed by atoms with Crippen LogP contribution in [0.5, 0.6) is 0 Å². The molecule has 2 aliphatic rings. The third kappa shape index (κ3) is 5.81. The van der Waals surface area contributed by atoms with Crippen molar-refractivity contribution < 1.29 is 21.7 Å². The molecule has 28 heavy (non-hydrogen) atoms. The highest BCUT2D eigenvalue weighted by molar-refractivity contribution is 6.50. The van der Waals surface area contributed by atoms with Crippen molar-refractivity contribution in [3.8, 4) is 22.3 Å². The molecule has 0 unspecified atom stereocenters. The molecule has 6 heteroatoms. The molecule has 150 valence electrons. The Kier molecular flexibility index (Phi) is 6.22. The van der Waals surface area contributed by atoms with Gasteiger partial charge in [-0.05, 0) is 40.7 Å². The van der Waals surface area contributed by atoms with Gasteiger partial charge in [0, 0.05) is 17.7 Å². The fraction of sp³-hybridized carbons (Fsp3) is 0.318. The normalized spacial score (nSPS) is 11.9. The van der Waals surface area contributed by atoms with Crippen LogP contribution in [0.25, 0.3) is 22.3 Å². The summed E-state index contributed by atoms with van der Waals surface area (Å²) in [5.74, 6) is 1.90. The Morgan fingerprint density at radius 1 is 0.750 bits per heavy atom. The van der Waals surface area contributed by atoms with E-state index in [-0.39, 0.29) is 5.41 Å². The standard InChI is InChI=1S/C22H25O.BF4/c1-14-7-9-17-13-20(22(4,5)6)21(19(17)10-8-14)18-11-15(2)23-16(3)12-18;2-1(3,4)5/h7-13H,1-6H3;/q+1;-1. The molecular formula is C22H25BF4O. The van der Waals surface area contributed by atoms with Gasteiger partial charge in [-0.15, -0.1) is 0 Å². The molecule has 0 spiro atoms. The minimum atomic E-state index is -6.00. The zero-order valence-corrected chi connectivity index (χ0v) is 17.0. The van der Waals surface area contributed by atoms with Gasteiger partial charge in [-0.2, -0.15) is 0 Å². The van der Waals surface area contributed by atoms with E-state index in [0.29, 0.717) is 0 Å². The first-order chi connectivity index (χ1) is 12.8. The summed E-state index contributed by atoms with van der Waals surface area (Å²) in [6, 6.07) is 15.5. The third-order valence-electron chi connectivity index (χ3n) is 4.32. The Labute approximate surface area is 163 Å². The average molecular weight is 392 g/mol. The Balaban J connectivity index is 0.000000500. The second-order valence-corrected chi connectivity index (χ2v) is 8.02. The molecule has 1 heterocycles. The van der Waals surface area contributed by atoms with E-state index in [0.717, 1.165) is 11.5 Å². The van der Waals surface area contributed by atoms with Gasteiger partial charge in [-0.3, -0.25) is 0 Å². The van der Waals surface area contributed by atoms with Gasteiger partial charge < -0.3 is 17.3 Å². The van der Waals surface area contributed by atoms with Crippen LogP contribution >= 0.6 is 0 Å². The van der Waals surface area contributed by atoms with Crippen LogP contribution < -0.4 is 0 Å². The summed E-state index contributed by atoms with van der Waals surface area (Å²) < 4.78 is 44.7. The predicted octanol–water partition coefficient (Wildman–Crippen LogP) is 7.86. The number of halogens is 4. The molecule has 0 fully saturated rings. The summed E-state index contributed by atoms with van der Waals surface area (Å²) in [5.41, 5.74) is 7.96. The highest BCUT2D eigenvalue weighted by atomic mass is 19.5. The first kappa shape index (κ1) is 21.9. The Morgan fingerprint density at radius 3 is 1.75 bits per heavy atom. The van der Waals surface area contributed by atoms with Gasteiger partial charge in [0.1, 0.15) is 0 Å². The number of rotatable bonds is 1. The van der Waals surface area contributed by atoms with Crippen molar-refractivity contribution in [1.82, 2.24) is 0 Å². The van der Waals surface area contributed by atoms with E-state index in [1.165, 1.54) is 33.4 Å². The van der Waals surface area contributed by atoms with Gasteiger partial charge in [0.2, 0.25) is 0 Å². The zero-order chi connectivity index (χ0) is 21.3. The first-order valence-corrected chi connectivity index (χ1v) is 9.08. The quantitative estimate of drug-likeness (QED) is 0.233. The molecule has 0 bridgehead atoms. The predicted molar refractivity (Wildman–Crippen MR) is 108 cm³/mol. The van der Waals surface area contributed by atoms with Gasteiger partial charge in [0.05, 0.1) is 13.8 Å². The second-order valence-electron chi connectivity index (χ2n) is 8.02. The number of hydrogen-bond donors (Lipinski definition) is 0. The highest BCUT2D eigenvalue weighted by Crippen LogP contribution is 2.44. The van der Waals surface area contributed by atoms with Crippen LogP contribution in [0.1, 0.15) is 43.4 Å². The van der Waals surface area contributed by atoms with Gasteiger partial charge >= 0.3 is 18.8 Å². The van der Waals surface area contributed by atoms with Crippen molar-refractivity contribution in [1.29, 1.82) is 0 Å². The first-order valence-electron chi connectivity index (χ1n) is 9.08. The number of hydrogen-bond acceptors (Lipinski definition) is 0. The van der Waals surface area contributed by atoms with Crippen LogP contribution in [0.4, 0.5) is 17.3 Å². The van der Waals surface area contributed by atoms with Crippen LogP contribution in [-0.4, -0.2) is 7.25 Å². The van der Waals surface area contributed by atoms with Crippen molar-refractivity contribution in [3.05, 3.63) is 65.1 Å². The summed E-state index contributed by atoms with van der Waals surface area (Å²) in [7, 11) is -6.00. The molecule has 0 N–H and O–H groups in total. The van der Waals surface area contributed by atoms with Gasteiger partial charge in [0.25, 0.3) is 0 Å². The topological polar surface area (TPSA) is 11.3 Å². The summed E-state index contributed by atoms with van der Waals surface area (Å²) in [6.45, 7) is 13.0. The van der Waals surface area contributed by atoms with Crippen molar-refractivity contribution >= 4 is 7.25 Å². The molecule has 1 nitrogen and oxygen atoms in total. The largest absolute Gasteiger partial charge is 0.673 e. The van der Waals surface area contributed by atoms with Crippen LogP contribution in [0, 0.1) is 20.8 Å². The smallest absolute Gasteiger partial charge is 0.418 e. The SMILES string of the molecule is Cc1ccc2cc(C(C)(C)C)c(-c3cc(C)[o+]c(C)c3)c-2cc1.F[B-](F)(F)F. The molecule has 0 radical (unpaired) electrons. The summed E-state index contributed by atoms with van der Waals surface area (Å²) in [5, 5.41) is 0. The van der Waals surface area contributed by atoms with E-state index in [4.69, 9.17) is 4.42 Å². The summed E-state index contributed by atoms with van der Waals surface area (Å²) >= 11 is 0. The van der Waals surface area contributed by atoms with Crippen molar-refractivity contribution in [2.45, 2.75) is 47.0 Å². The molecule has 0 amide bonds. The monoisotopic (exact) mass is 392 g/mol. The molecule has 3 rings (SSSR count). The lowest BCUT2D eigenvalue weighted by Gasteiger charge is -2.20. The van der Waals surface area contributed by atoms with Gasteiger partial charge in [-0.1, -0.05) is 50.6 Å². The molecule has 0 saturated heterocycles. The maximum absolute atomic E-state index is 9.75. The van der Waals surface area contributed by atoms with E-state index < -0.39 is 7.25 Å². The Bertz CT molecular complexity index is 916. The lowest BCUT2D eigenvalue weighted by atomic mass is 9.84. The lowest BCUT2D eigenvalue weighted by Crippen LogP contribution is -2.11. The van der Waals surface area contributed by atoms with Crippen LogP contribution in [-0.2, 0) is 5.41 Å². The molecule has 0 aromatic carbocycles. The van der Waals surface area contributed by atoms with Crippen molar-refractivity contribution in [3.63, 3.8) is 0 Å². The lowest BCUT2D eigenvalue weighted by molar-refractivity contribution is 0.368. The summed E-state index contributed by atoms with van der Waals surface area (Å²) in [6.07, 6.45) is 0. The Morgan fingerprint density at radius 2 is 1.25 bits per heavy atom. The van der Waals surface area contributed by atoms with Crippen molar-refractivity contribution in [2.24, 2.45) is 0 Å². The Hall–Kier alpha value is -2.37. The number of aryl methyl sites for hydroxylation is 3. The fourth-order valence-electron chi connectivity index (χ4n) is 3.24. The minimum Gasteiger partial charge on any atom is -0.418 e. The summed E-state index contributed by atoms with van der Waals surface area (Å²) in [4.78, 5) is 0. The zero-order valence-electron chi connectivity index (χ0n) is 17.0. The molecule has 0 atom stereocenters. The number of fused-ring (bicyclic) bond motifs is 1. The molecule has 2 aliphatic carbocycles. The van der Waals surface area contributed by atoms with E-state index in [9.17, 15) is 17.3 Å². The third-order valence-corrected chi connectivity index (χ3v) is 4.32. The van der Waals surface area contributed by atoms with E-state index in [2.05, 4.69) is 70.2 Å². The molecule has 0 aliphatic heterocycles.